The topological polar surface area (TPSA) is 38.7 Å². The summed E-state index contributed by atoms with van der Waals surface area (Å²) >= 11 is 0. The van der Waals surface area contributed by atoms with Crippen molar-refractivity contribution < 1.29 is 14.6 Å². The number of hydrogen-bond donors (Lipinski definition) is 1. The molecule has 1 aromatic rings. The van der Waals surface area contributed by atoms with Gasteiger partial charge in [0.25, 0.3) is 0 Å². The van der Waals surface area contributed by atoms with Gasteiger partial charge < -0.3 is 14.6 Å². The van der Waals surface area contributed by atoms with Crippen molar-refractivity contribution in [3.05, 3.63) is 23.8 Å². The summed E-state index contributed by atoms with van der Waals surface area (Å²) in [7, 11) is 0. The molecule has 3 nitrogen and oxygen atoms in total. The molecule has 0 saturated heterocycles. The molecular weight excluding hydrogens is 180 g/mol. The Morgan fingerprint density at radius 3 is 3.00 bits per heavy atom. The normalized spacial score (nSPS) is 18.6. The molecule has 1 aliphatic rings. The van der Waals surface area contributed by atoms with Crippen LogP contribution in [0.4, 0.5) is 0 Å². The first-order valence-corrected chi connectivity index (χ1v) is 4.31. The summed E-state index contributed by atoms with van der Waals surface area (Å²) < 4.78 is 11.0. The van der Waals surface area contributed by atoms with E-state index in [4.69, 9.17) is 14.6 Å². The predicted molar refractivity (Wildman–Crippen MR) is 54.9 cm³/mol. The van der Waals surface area contributed by atoms with Gasteiger partial charge >= 0.3 is 0 Å². The highest BCUT2D eigenvalue weighted by molar-refractivity contribution is 5.46. The average molecular weight is 196 g/mol. The molecule has 0 aromatic heterocycles. The highest BCUT2D eigenvalue weighted by Gasteiger charge is 2.20. The summed E-state index contributed by atoms with van der Waals surface area (Å²) in [5, 5.41) is 8.88. The molecule has 0 radical (unpaired) electrons. The monoisotopic (exact) mass is 196 g/mol. The van der Waals surface area contributed by atoms with Crippen molar-refractivity contribution in [2.45, 2.75) is 20.5 Å². The number of aliphatic hydroxyl groups is 1. The van der Waals surface area contributed by atoms with Gasteiger partial charge in [-0.25, -0.2) is 0 Å². The number of aliphatic hydroxyl groups excluding tert-OH is 1. The van der Waals surface area contributed by atoms with E-state index in [0.717, 1.165) is 17.1 Å². The zero-order chi connectivity index (χ0) is 9.26. The molecule has 0 saturated carbocycles. The van der Waals surface area contributed by atoms with Gasteiger partial charge in [0.15, 0.2) is 17.6 Å². The van der Waals surface area contributed by atoms with Gasteiger partial charge in [0.1, 0.15) is 6.61 Å². The van der Waals surface area contributed by atoms with Crippen LogP contribution < -0.4 is 9.47 Å². The van der Waals surface area contributed by atoms with E-state index >= 15 is 0 Å². The van der Waals surface area contributed by atoms with Crippen LogP contribution in [0.3, 0.4) is 0 Å². The Morgan fingerprint density at radius 2 is 2.29 bits per heavy atom. The molecule has 1 atom stereocenters. The standard InChI is InChI=1S/C10H12O3.CH4/c1-7-3-2-4-9-10(7)12-6-8(5-11)13-9;/h2-4,8,11H,5-6H2,1H3;1H4/t8-;/m0./s1. The van der Waals surface area contributed by atoms with E-state index in [-0.39, 0.29) is 20.1 Å². The fraction of sp³-hybridized carbons (Fsp3) is 0.455. The first-order chi connectivity index (χ1) is 6.31. The molecule has 0 aliphatic carbocycles. The quantitative estimate of drug-likeness (QED) is 0.743. The molecule has 0 spiro atoms. The molecule has 2 rings (SSSR count). The van der Waals surface area contributed by atoms with Crippen LogP contribution in [0.5, 0.6) is 11.5 Å². The maximum absolute atomic E-state index is 8.88. The van der Waals surface area contributed by atoms with Gasteiger partial charge in [0.2, 0.25) is 0 Å². The van der Waals surface area contributed by atoms with E-state index in [9.17, 15) is 0 Å². The minimum atomic E-state index is -0.228. The van der Waals surface area contributed by atoms with Crippen molar-refractivity contribution in [1.82, 2.24) is 0 Å². The van der Waals surface area contributed by atoms with Crippen LogP contribution in [-0.4, -0.2) is 24.4 Å². The summed E-state index contributed by atoms with van der Waals surface area (Å²) in [6.07, 6.45) is -0.228. The third-order valence-corrected chi connectivity index (χ3v) is 2.09. The smallest absolute Gasteiger partial charge is 0.164 e. The molecular formula is C11H16O3. The Bertz CT molecular complexity index is 309. The van der Waals surface area contributed by atoms with Gasteiger partial charge in [-0.15, -0.1) is 0 Å². The van der Waals surface area contributed by atoms with E-state index in [1.165, 1.54) is 0 Å². The van der Waals surface area contributed by atoms with Gasteiger partial charge in [0.05, 0.1) is 6.61 Å². The van der Waals surface area contributed by atoms with Crippen LogP contribution >= 0.6 is 0 Å². The zero-order valence-corrected chi connectivity index (χ0v) is 7.49. The van der Waals surface area contributed by atoms with Gasteiger partial charge in [-0.05, 0) is 18.6 Å². The first kappa shape index (κ1) is 10.9. The van der Waals surface area contributed by atoms with Crippen molar-refractivity contribution in [2.24, 2.45) is 0 Å². The summed E-state index contributed by atoms with van der Waals surface area (Å²) in [5.41, 5.74) is 1.06. The predicted octanol–water partition coefficient (Wildman–Crippen LogP) is 1.76. The van der Waals surface area contributed by atoms with Gasteiger partial charge in [-0.1, -0.05) is 19.6 Å². The van der Waals surface area contributed by atoms with E-state index in [2.05, 4.69) is 0 Å². The molecule has 1 N–H and O–H groups in total. The summed E-state index contributed by atoms with van der Waals surface area (Å²) in [6.45, 7) is 2.39. The SMILES string of the molecule is C.Cc1cccc2c1OC[C@H](CO)O2. The second kappa shape index (κ2) is 4.33. The van der Waals surface area contributed by atoms with Crippen molar-refractivity contribution in [1.29, 1.82) is 0 Å². The Hall–Kier alpha value is -1.22. The Morgan fingerprint density at radius 1 is 1.50 bits per heavy atom. The summed E-state index contributed by atoms with van der Waals surface area (Å²) in [5.74, 6) is 1.53. The van der Waals surface area contributed by atoms with Crippen LogP contribution in [-0.2, 0) is 0 Å². The molecule has 1 aromatic carbocycles. The largest absolute Gasteiger partial charge is 0.485 e. The maximum Gasteiger partial charge on any atom is 0.164 e. The molecule has 0 fully saturated rings. The maximum atomic E-state index is 8.88. The minimum absolute atomic E-state index is 0. The second-order valence-corrected chi connectivity index (χ2v) is 3.14. The number of rotatable bonds is 1. The van der Waals surface area contributed by atoms with E-state index in [0.29, 0.717) is 6.61 Å². The third kappa shape index (κ3) is 1.82. The Balaban J connectivity index is 0.000000980. The molecule has 78 valence electrons. The highest BCUT2D eigenvalue weighted by atomic mass is 16.6. The van der Waals surface area contributed by atoms with Gasteiger partial charge in [-0.2, -0.15) is 0 Å². The molecule has 1 heterocycles. The second-order valence-electron chi connectivity index (χ2n) is 3.14. The minimum Gasteiger partial charge on any atom is -0.485 e. The Labute approximate surface area is 84.3 Å². The third-order valence-electron chi connectivity index (χ3n) is 2.09. The average Bonchev–Trinajstić information content (AvgIpc) is 2.18. The zero-order valence-electron chi connectivity index (χ0n) is 7.49. The molecule has 3 heteroatoms. The van der Waals surface area contributed by atoms with Crippen LogP contribution in [0.1, 0.15) is 13.0 Å². The molecule has 14 heavy (non-hydrogen) atoms. The van der Waals surface area contributed by atoms with Gasteiger partial charge in [-0.3, -0.25) is 0 Å². The molecule has 0 bridgehead atoms. The molecule has 1 aliphatic heterocycles. The lowest BCUT2D eigenvalue weighted by Crippen LogP contribution is -2.32. The van der Waals surface area contributed by atoms with E-state index in [1.54, 1.807) is 0 Å². The summed E-state index contributed by atoms with van der Waals surface area (Å²) in [4.78, 5) is 0. The van der Waals surface area contributed by atoms with Crippen molar-refractivity contribution in [3.8, 4) is 11.5 Å². The lowest BCUT2D eigenvalue weighted by Gasteiger charge is -2.26. The van der Waals surface area contributed by atoms with Crippen LogP contribution in [0.15, 0.2) is 18.2 Å². The number of benzene rings is 1. The van der Waals surface area contributed by atoms with Crippen molar-refractivity contribution >= 4 is 0 Å². The molecule has 0 unspecified atom stereocenters. The fourth-order valence-corrected chi connectivity index (χ4v) is 1.38. The molecule has 0 amide bonds. The number of fused-ring (bicyclic) bond motifs is 1. The van der Waals surface area contributed by atoms with E-state index in [1.807, 2.05) is 25.1 Å². The van der Waals surface area contributed by atoms with Crippen molar-refractivity contribution in [3.63, 3.8) is 0 Å². The number of hydrogen-bond acceptors (Lipinski definition) is 3. The number of aryl methyl sites for hydroxylation is 1. The van der Waals surface area contributed by atoms with Crippen LogP contribution in [0.25, 0.3) is 0 Å². The van der Waals surface area contributed by atoms with Gasteiger partial charge in [0, 0.05) is 0 Å². The van der Waals surface area contributed by atoms with Crippen LogP contribution in [0.2, 0.25) is 0 Å². The van der Waals surface area contributed by atoms with Crippen molar-refractivity contribution in [2.75, 3.05) is 13.2 Å². The Kier molecular flexibility index (Phi) is 3.36. The van der Waals surface area contributed by atoms with Crippen LogP contribution in [0, 0.1) is 6.92 Å². The fourth-order valence-electron chi connectivity index (χ4n) is 1.38. The van der Waals surface area contributed by atoms with E-state index < -0.39 is 0 Å². The number of para-hydroxylation sites is 1. The number of ether oxygens (including phenoxy) is 2. The lowest BCUT2D eigenvalue weighted by molar-refractivity contribution is 0.0452. The lowest BCUT2D eigenvalue weighted by atomic mass is 10.2. The highest BCUT2D eigenvalue weighted by Crippen LogP contribution is 2.34. The summed E-state index contributed by atoms with van der Waals surface area (Å²) in [6, 6.07) is 5.74. The first-order valence-electron chi connectivity index (χ1n) is 4.31.